The summed E-state index contributed by atoms with van der Waals surface area (Å²) in [6.45, 7) is 3.34. The number of morpholine rings is 1. The number of nitrogens with zero attached hydrogens (tertiary/aromatic N) is 4. The lowest BCUT2D eigenvalue weighted by Gasteiger charge is -2.32. The molecule has 0 radical (unpaired) electrons. The predicted octanol–water partition coefficient (Wildman–Crippen LogP) is 3.30. The maximum atomic E-state index is 13.0. The Morgan fingerprint density at radius 3 is 2.96 bits per heavy atom. The predicted molar refractivity (Wildman–Crippen MR) is 111 cm³/mol. The van der Waals surface area contributed by atoms with Gasteiger partial charge in [0.15, 0.2) is 10.3 Å². The second-order valence-corrected chi connectivity index (χ2v) is 8.10. The molecule has 1 saturated heterocycles. The Morgan fingerprint density at radius 1 is 1.32 bits per heavy atom. The SMILES string of the molecule is CNc1nc(C)c(C(=O)N2CCOC(c3cccc(Nc4nccs4)n3)C2)s1. The first-order valence-corrected chi connectivity index (χ1v) is 10.5. The molecule has 0 saturated carbocycles. The molecule has 1 aliphatic heterocycles. The maximum absolute atomic E-state index is 13.0. The van der Waals surface area contributed by atoms with Gasteiger partial charge in [-0.15, -0.1) is 11.3 Å². The molecule has 2 N–H and O–H groups in total. The molecule has 3 aromatic heterocycles. The number of rotatable bonds is 5. The molecular formula is C18H20N6O2S2. The van der Waals surface area contributed by atoms with Crippen LogP contribution in [0, 0.1) is 6.92 Å². The standard InChI is InChI=1S/C18H20N6O2S2/c1-11-15(28-17(19-2)21-11)16(25)24-7-8-26-13(10-24)12-4-3-5-14(22-12)23-18-20-6-9-27-18/h3-6,9,13H,7-8,10H2,1-2H3,(H,19,21)(H,20,22,23). The van der Waals surface area contributed by atoms with Gasteiger partial charge in [0.2, 0.25) is 0 Å². The minimum absolute atomic E-state index is 0.0122. The number of carbonyl (C=O) groups is 1. The number of amides is 1. The summed E-state index contributed by atoms with van der Waals surface area (Å²) < 4.78 is 5.91. The normalized spacial score (nSPS) is 16.8. The Kier molecular flexibility index (Phi) is 5.51. The number of hydrogen-bond donors (Lipinski definition) is 2. The zero-order valence-corrected chi connectivity index (χ0v) is 17.1. The van der Waals surface area contributed by atoms with E-state index in [1.54, 1.807) is 13.2 Å². The van der Waals surface area contributed by atoms with Crippen LogP contribution in [-0.4, -0.2) is 52.5 Å². The fraction of sp³-hybridized carbons (Fsp3) is 0.333. The molecular weight excluding hydrogens is 396 g/mol. The van der Waals surface area contributed by atoms with Crippen molar-refractivity contribution in [2.24, 2.45) is 0 Å². The number of pyridine rings is 1. The molecule has 146 valence electrons. The van der Waals surface area contributed by atoms with Gasteiger partial charge < -0.3 is 20.3 Å². The van der Waals surface area contributed by atoms with E-state index in [1.165, 1.54) is 22.7 Å². The number of ether oxygens (including phenoxy) is 1. The summed E-state index contributed by atoms with van der Waals surface area (Å²) in [6, 6.07) is 5.73. The van der Waals surface area contributed by atoms with Crippen molar-refractivity contribution >= 4 is 44.7 Å². The molecule has 1 unspecified atom stereocenters. The van der Waals surface area contributed by atoms with E-state index in [1.807, 2.05) is 35.4 Å². The highest BCUT2D eigenvalue weighted by Crippen LogP contribution is 2.28. The van der Waals surface area contributed by atoms with Crippen molar-refractivity contribution in [2.75, 3.05) is 37.4 Å². The number of anilines is 3. The first kappa shape index (κ1) is 18.8. The van der Waals surface area contributed by atoms with Crippen LogP contribution in [0.15, 0.2) is 29.8 Å². The molecule has 4 rings (SSSR count). The third-order valence-corrected chi connectivity index (χ3v) is 6.18. The van der Waals surface area contributed by atoms with Crippen LogP contribution < -0.4 is 10.6 Å². The molecule has 0 aromatic carbocycles. The smallest absolute Gasteiger partial charge is 0.266 e. The Labute approximate surface area is 170 Å². The molecule has 3 aromatic rings. The van der Waals surface area contributed by atoms with Gasteiger partial charge in [-0.25, -0.2) is 15.0 Å². The lowest BCUT2D eigenvalue weighted by Crippen LogP contribution is -2.42. The number of nitrogens with one attached hydrogen (secondary N) is 2. The first-order valence-electron chi connectivity index (χ1n) is 8.83. The van der Waals surface area contributed by atoms with Gasteiger partial charge in [0.25, 0.3) is 5.91 Å². The lowest BCUT2D eigenvalue weighted by atomic mass is 10.1. The second-order valence-electron chi connectivity index (χ2n) is 6.20. The zero-order valence-electron chi connectivity index (χ0n) is 15.5. The highest BCUT2D eigenvalue weighted by atomic mass is 32.1. The van der Waals surface area contributed by atoms with Crippen LogP contribution >= 0.6 is 22.7 Å². The number of thiazole rings is 2. The summed E-state index contributed by atoms with van der Waals surface area (Å²) >= 11 is 2.89. The number of hydrogen-bond acceptors (Lipinski definition) is 9. The van der Waals surface area contributed by atoms with Gasteiger partial charge in [-0.1, -0.05) is 17.4 Å². The summed E-state index contributed by atoms with van der Waals surface area (Å²) in [4.78, 5) is 28.7. The maximum Gasteiger partial charge on any atom is 0.266 e. The lowest BCUT2D eigenvalue weighted by molar-refractivity contribution is -0.0245. The fourth-order valence-electron chi connectivity index (χ4n) is 2.95. The van der Waals surface area contributed by atoms with Crippen molar-refractivity contribution in [3.63, 3.8) is 0 Å². The van der Waals surface area contributed by atoms with E-state index in [-0.39, 0.29) is 12.0 Å². The number of carbonyl (C=O) groups excluding carboxylic acids is 1. The second kappa shape index (κ2) is 8.21. The van der Waals surface area contributed by atoms with E-state index >= 15 is 0 Å². The van der Waals surface area contributed by atoms with Crippen LogP contribution in [0.25, 0.3) is 0 Å². The van der Waals surface area contributed by atoms with Crippen LogP contribution in [0.1, 0.15) is 27.2 Å². The van der Waals surface area contributed by atoms with Crippen LogP contribution in [0.2, 0.25) is 0 Å². The van der Waals surface area contributed by atoms with Crippen molar-refractivity contribution in [1.82, 2.24) is 19.9 Å². The highest BCUT2D eigenvalue weighted by Gasteiger charge is 2.29. The van der Waals surface area contributed by atoms with E-state index in [4.69, 9.17) is 4.74 Å². The first-order chi connectivity index (χ1) is 13.6. The summed E-state index contributed by atoms with van der Waals surface area (Å²) in [7, 11) is 1.80. The Bertz CT molecular complexity index is 959. The van der Waals surface area contributed by atoms with Crippen LogP contribution in [0.4, 0.5) is 16.1 Å². The van der Waals surface area contributed by atoms with Crippen molar-refractivity contribution < 1.29 is 9.53 Å². The van der Waals surface area contributed by atoms with Crippen molar-refractivity contribution in [1.29, 1.82) is 0 Å². The van der Waals surface area contributed by atoms with Gasteiger partial charge >= 0.3 is 0 Å². The zero-order chi connectivity index (χ0) is 19.5. The Hall–Kier alpha value is -2.56. The monoisotopic (exact) mass is 416 g/mol. The number of aromatic nitrogens is 3. The van der Waals surface area contributed by atoms with Crippen LogP contribution in [0.3, 0.4) is 0 Å². The van der Waals surface area contributed by atoms with Crippen molar-refractivity contribution in [3.05, 3.63) is 46.0 Å². The van der Waals surface area contributed by atoms with Gasteiger partial charge in [-0.05, 0) is 19.1 Å². The number of aryl methyl sites for hydroxylation is 1. The van der Waals surface area contributed by atoms with Crippen LogP contribution in [-0.2, 0) is 4.74 Å². The topological polar surface area (TPSA) is 92.3 Å². The van der Waals surface area contributed by atoms with E-state index in [0.717, 1.165) is 21.7 Å². The van der Waals surface area contributed by atoms with E-state index in [9.17, 15) is 4.79 Å². The van der Waals surface area contributed by atoms with Gasteiger partial charge in [0.1, 0.15) is 16.8 Å². The third-order valence-electron chi connectivity index (χ3n) is 4.33. The largest absolute Gasteiger partial charge is 0.368 e. The van der Waals surface area contributed by atoms with E-state index in [2.05, 4.69) is 25.6 Å². The highest BCUT2D eigenvalue weighted by molar-refractivity contribution is 7.17. The molecule has 1 atom stereocenters. The molecule has 1 fully saturated rings. The molecule has 0 spiro atoms. The third kappa shape index (κ3) is 3.98. The van der Waals surface area contributed by atoms with Crippen LogP contribution in [0.5, 0.6) is 0 Å². The fourth-order valence-corrected chi connectivity index (χ4v) is 4.38. The van der Waals surface area contributed by atoms with Gasteiger partial charge in [0.05, 0.1) is 24.5 Å². The average Bonchev–Trinajstić information content (AvgIpc) is 3.37. The quantitative estimate of drug-likeness (QED) is 0.659. The molecule has 8 nitrogen and oxygen atoms in total. The molecule has 1 amide bonds. The minimum Gasteiger partial charge on any atom is -0.368 e. The molecule has 10 heteroatoms. The Morgan fingerprint density at radius 2 is 2.21 bits per heavy atom. The summed E-state index contributed by atoms with van der Waals surface area (Å²) in [5, 5.41) is 9.61. The van der Waals surface area contributed by atoms with Crippen molar-refractivity contribution in [2.45, 2.75) is 13.0 Å². The molecule has 28 heavy (non-hydrogen) atoms. The van der Waals surface area contributed by atoms with Crippen molar-refractivity contribution in [3.8, 4) is 0 Å². The average molecular weight is 417 g/mol. The van der Waals surface area contributed by atoms with Gasteiger partial charge in [-0.2, -0.15) is 0 Å². The minimum atomic E-state index is -0.271. The van der Waals surface area contributed by atoms with E-state index in [0.29, 0.717) is 30.4 Å². The van der Waals surface area contributed by atoms with Gasteiger partial charge in [-0.3, -0.25) is 4.79 Å². The molecule has 0 bridgehead atoms. The summed E-state index contributed by atoms with van der Waals surface area (Å²) in [5.74, 6) is 0.693. The Balaban J connectivity index is 1.49. The summed E-state index contributed by atoms with van der Waals surface area (Å²) in [5.41, 5.74) is 1.53. The van der Waals surface area contributed by atoms with E-state index < -0.39 is 0 Å². The molecule has 1 aliphatic rings. The molecule has 4 heterocycles. The molecule has 0 aliphatic carbocycles. The van der Waals surface area contributed by atoms with Gasteiger partial charge in [0, 0.05) is 25.2 Å². The summed E-state index contributed by atoms with van der Waals surface area (Å²) in [6.07, 6.45) is 1.47.